The fraction of sp³-hybridized carbons (Fsp3) is 0.429. The number of rotatable bonds is 9. The molecule has 4 rings (SSSR count). The van der Waals surface area contributed by atoms with Crippen molar-refractivity contribution in [1.29, 1.82) is 0 Å². The van der Waals surface area contributed by atoms with Crippen LogP contribution in [0.15, 0.2) is 59.8 Å². The normalized spacial score (nSPS) is 19.0. The van der Waals surface area contributed by atoms with Gasteiger partial charge in [0.25, 0.3) is 0 Å². The summed E-state index contributed by atoms with van der Waals surface area (Å²) in [6.07, 6.45) is 0. The second-order valence-electron chi connectivity index (χ2n) is 9.14. The van der Waals surface area contributed by atoms with Gasteiger partial charge in [0, 0.05) is 57.6 Å². The summed E-state index contributed by atoms with van der Waals surface area (Å²) in [5.41, 5.74) is 2.97. The zero-order valence-corrected chi connectivity index (χ0v) is 22.0. The summed E-state index contributed by atoms with van der Waals surface area (Å²) in [6, 6.07) is 14.8. The van der Waals surface area contributed by atoms with Gasteiger partial charge in [-0.25, -0.2) is 9.59 Å². The van der Waals surface area contributed by atoms with Gasteiger partial charge in [0.1, 0.15) is 0 Å². The Labute approximate surface area is 218 Å². The fourth-order valence-corrected chi connectivity index (χ4v) is 4.93. The first-order valence-electron chi connectivity index (χ1n) is 12.6. The van der Waals surface area contributed by atoms with E-state index in [0.29, 0.717) is 34.9 Å². The highest BCUT2D eigenvalue weighted by Crippen LogP contribution is 2.40. The third-order valence-electron chi connectivity index (χ3n) is 6.90. The molecule has 0 aliphatic carbocycles. The van der Waals surface area contributed by atoms with Crippen molar-refractivity contribution in [3.05, 3.63) is 70.9 Å². The lowest BCUT2D eigenvalue weighted by Crippen LogP contribution is -2.52. The summed E-state index contributed by atoms with van der Waals surface area (Å²) in [5, 5.41) is 2.97. The molecule has 2 amide bonds. The molecule has 37 heavy (non-hydrogen) atoms. The highest BCUT2D eigenvalue weighted by atomic mass is 16.5. The molecule has 0 aromatic heterocycles. The van der Waals surface area contributed by atoms with Crippen LogP contribution in [-0.2, 0) is 16.1 Å². The Balaban J connectivity index is 1.62. The second kappa shape index (κ2) is 12.1. The molecule has 0 unspecified atom stereocenters. The smallest absolute Gasteiger partial charge is 0.338 e. The van der Waals surface area contributed by atoms with Gasteiger partial charge in [0.05, 0.1) is 32.4 Å². The molecule has 1 fully saturated rings. The van der Waals surface area contributed by atoms with Crippen LogP contribution in [0.25, 0.3) is 0 Å². The van der Waals surface area contributed by atoms with Crippen molar-refractivity contribution < 1.29 is 23.8 Å². The lowest BCUT2D eigenvalue weighted by molar-refractivity contribution is -0.139. The van der Waals surface area contributed by atoms with Crippen LogP contribution >= 0.6 is 0 Å². The van der Waals surface area contributed by atoms with E-state index in [-0.39, 0.29) is 12.6 Å². The number of carbonyl (C=O) groups excluding carboxylic acids is 2. The quantitative estimate of drug-likeness (QED) is 0.522. The third kappa shape index (κ3) is 5.89. The van der Waals surface area contributed by atoms with E-state index in [1.807, 2.05) is 18.2 Å². The number of likely N-dealkylation sites (N-methyl/N-ethyl adjacent to an activating group) is 1. The van der Waals surface area contributed by atoms with E-state index in [1.54, 1.807) is 34.3 Å². The first-order valence-corrected chi connectivity index (χ1v) is 12.6. The number of carbonyl (C=O) groups is 2. The van der Waals surface area contributed by atoms with Crippen molar-refractivity contribution in [3.63, 3.8) is 0 Å². The minimum absolute atomic E-state index is 0.230. The number of hydrogen-bond acceptors (Lipinski definition) is 7. The highest BCUT2D eigenvalue weighted by molar-refractivity contribution is 5.95. The van der Waals surface area contributed by atoms with Crippen LogP contribution in [0.2, 0.25) is 0 Å². The van der Waals surface area contributed by atoms with E-state index in [9.17, 15) is 9.59 Å². The number of para-hydroxylation sites is 1. The van der Waals surface area contributed by atoms with E-state index in [0.717, 1.165) is 32.7 Å². The molecule has 0 spiro atoms. The Morgan fingerprint density at radius 2 is 1.62 bits per heavy atom. The number of methoxy groups -OCH3 is 2. The van der Waals surface area contributed by atoms with Gasteiger partial charge in [0.2, 0.25) is 0 Å². The molecule has 1 N–H and O–H groups in total. The third-order valence-corrected chi connectivity index (χ3v) is 6.90. The largest absolute Gasteiger partial charge is 0.493 e. The molecule has 0 bridgehead atoms. The van der Waals surface area contributed by atoms with Crippen LogP contribution in [0.5, 0.6) is 11.5 Å². The van der Waals surface area contributed by atoms with Crippen LogP contribution < -0.4 is 14.8 Å². The van der Waals surface area contributed by atoms with E-state index in [2.05, 4.69) is 39.4 Å². The molecule has 1 saturated heterocycles. The molecule has 2 aromatic carbocycles. The van der Waals surface area contributed by atoms with E-state index >= 15 is 0 Å². The highest BCUT2D eigenvalue weighted by Gasteiger charge is 2.39. The van der Waals surface area contributed by atoms with Crippen LogP contribution in [0.3, 0.4) is 0 Å². The van der Waals surface area contributed by atoms with Crippen molar-refractivity contribution in [3.8, 4) is 11.5 Å². The lowest BCUT2D eigenvalue weighted by Gasteiger charge is -2.39. The summed E-state index contributed by atoms with van der Waals surface area (Å²) < 4.78 is 16.6. The SMILES string of the molecule is CCOC(=O)C1=C(CN2CCN(Cc3ccccc3)CC2)N(C)C(=O)N[C@@H]1c1cccc(OC)c1OC. The van der Waals surface area contributed by atoms with Gasteiger partial charge in [-0.3, -0.25) is 14.7 Å². The van der Waals surface area contributed by atoms with Gasteiger partial charge in [-0.15, -0.1) is 0 Å². The Kier molecular flexibility index (Phi) is 8.68. The van der Waals surface area contributed by atoms with Gasteiger partial charge in [-0.2, -0.15) is 0 Å². The molecule has 2 heterocycles. The second-order valence-corrected chi connectivity index (χ2v) is 9.14. The van der Waals surface area contributed by atoms with Gasteiger partial charge in [0.15, 0.2) is 11.5 Å². The number of hydrogen-bond donors (Lipinski definition) is 1. The van der Waals surface area contributed by atoms with Crippen molar-refractivity contribution >= 4 is 12.0 Å². The monoisotopic (exact) mass is 508 g/mol. The number of nitrogens with one attached hydrogen (secondary N) is 1. The lowest BCUT2D eigenvalue weighted by atomic mass is 9.93. The Hall–Kier alpha value is -3.56. The van der Waals surface area contributed by atoms with Crippen molar-refractivity contribution in [2.24, 2.45) is 0 Å². The number of esters is 1. The number of urea groups is 1. The summed E-state index contributed by atoms with van der Waals surface area (Å²) in [6.45, 7) is 6.83. The number of piperazine rings is 1. The standard InChI is InChI=1S/C28H36N4O5/c1-5-37-27(33)24-22(19-32-16-14-31(15-17-32)18-20-10-7-6-8-11-20)30(2)28(34)29-25(24)21-12-9-13-23(35-3)26(21)36-4/h6-13,25H,5,14-19H2,1-4H3,(H,29,34)/t25-/m1/s1. The average molecular weight is 509 g/mol. The van der Waals surface area contributed by atoms with Gasteiger partial charge < -0.3 is 19.5 Å². The van der Waals surface area contributed by atoms with Crippen LogP contribution in [0.4, 0.5) is 4.79 Å². The molecule has 198 valence electrons. The van der Waals surface area contributed by atoms with E-state index in [4.69, 9.17) is 14.2 Å². The predicted octanol–water partition coefficient (Wildman–Crippen LogP) is 3.03. The molecule has 0 saturated carbocycles. The number of ether oxygens (including phenoxy) is 3. The molecule has 2 aliphatic heterocycles. The van der Waals surface area contributed by atoms with Crippen LogP contribution in [0.1, 0.15) is 24.1 Å². The Morgan fingerprint density at radius 3 is 2.24 bits per heavy atom. The van der Waals surface area contributed by atoms with Crippen molar-refractivity contribution in [1.82, 2.24) is 20.0 Å². The van der Waals surface area contributed by atoms with Gasteiger partial charge in [-0.1, -0.05) is 42.5 Å². The predicted molar refractivity (Wildman–Crippen MR) is 140 cm³/mol. The summed E-state index contributed by atoms with van der Waals surface area (Å²) in [5.74, 6) is 0.532. The Morgan fingerprint density at radius 1 is 0.946 bits per heavy atom. The molecule has 2 aromatic rings. The molecule has 0 radical (unpaired) electrons. The molecular weight excluding hydrogens is 472 g/mol. The first kappa shape index (κ1) is 26.5. The maximum atomic E-state index is 13.3. The zero-order chi connectivity index (χ0) is 26.4. The molecule has 1 atom stereocenters. The van der Waals surface area contributed by atoms with Crippen LogP contribution in [0, 0.1) is 0 Å². The van der Waals surface area contributed by atoms with Gasteiger partial charge in [-0.05, 0) is 18.6 Å². The van der Waals surface area contributed by atoms with Crippen LogP contribution in [-0.4, -0.2) is 87.3 Å². The minimum atomic E-state index is -0.734. The summed E-state index contributed by atoms with van der Waals surface area (Å²) in [7, 11) is 4.79. The zero-order valence-electron chi connectivity index (χ0n) is 22.0. The minimum Gasteiger partial charge on any atom is -0.493 e. The maximum Gasteiger partial charge on any atom is 0.338 e. The fourth-order valence-electron chi connectivity index (χ4n) is 4.93. The van der Waals surface area contributed by atoms with Crippen molar-refractivity contribution in [2.45, 2.75) is 19.5 Å². The number of nitrogens with zero attached hydrogens (tertiary/aromatic N) is 3. The molecule has 2 aliphatic rings. The topological polar surface area (TPSA) is 83.6 Å². The molecule has 9 nitrogen and oxygen atoms in total. The summed E-state index contributed by atoms with van der Waals surface area (Å²) in [4.78, 5) is 32.7. The average Bonchev–Trinajstić information content (AvgIpc) is 2.92. The number of amides is 2. The number of benzene rings is 2. The maximum absolute atomic E-state index is 13.3. The molecular formula is C28H36N4O5. The van der Waals surface area contributed by atoms with E-state index in [1.165, 1.54) is 10.5 Å². The van der Waals surface area contributed by atoms with E-state index < -0.39 is 12.0 Å². The van der Waals surface area contributed by atoms with Gasteiger partial charge >= 0.3 is 12.0 Å². The first-order chi connectivity index (χ1) is 18.0. The Bertz CT molecular complexity index is 1130. The molecule has 9 heteroatoms. The summed E-state index contributed by atoms with van der Waals surface area (Å²) >= 11 is 0. The van der Waals surface area contributed by atoms with Crippen molar-refractivity contribution in [2.75, 3.05) is 60.6 Å².